The van der Waals surface area contributed by atoms with Gasteiger partial charge in [-0.15, -0.1) is 5.10 Å². The zero-order valence-electron chi connectivity index (χ0n) is 8.39. The number of aliphatic hydroxyl groups excluding tert-OH is 1. The van der Waals surface area contributed by atoms with E-state index >= 15 is 0 Å². The van der Waals surface area contributed by atoms with Crippen LogP contribution in [-0.4, -0.2) is 28.8 Å². The molecule has 0 aromatic carbocycles. The Morgan fingerprint density at radius 3 is 2.86 bits per heavy atom. The second-order valence-corrected chi connectivity index (χ2v) is 4.25. The molecule has 0 spiro atoms. The van der Waals surface area contributed by atoms with Crippen LogP contribution in [0.25, 0.3) is 0 Å². The minimum Gasteiger partial charge on any atom is -0.392 e. The van der Waals surface area contributed by atoms with Gasteiger partial charge >= 0.3 is 0 Å². The van der Waals surface area contributed by atoms with Crippen molar-refractivity contribution in [2.24, 2.45) is 21.9 Å². The maximum absolute atomic E-state index is 9.62. The van der Waals surface area contributed by atoms with Crippen LogP contribution >= 0.6 is 11.8 Å². The lowest BCUT2D eigenvalue weighted by molar-refractivity contribution is 0.103. The summed E-state index contributed by atoms with van der Waals surface area (Å²) in [6.45, 7) is 0. The Morgan fingerprint density at radius 2 is 2.21 bits per heavy atom. The molecule has 0 radical (unpaired) electrons. The Labute approximate surface area is 88.7 Å². The Bertz CT molecular complexity index is 230. The summed E-state index contributed by atoms with van der Waals surface area (Å²) in [5, 5.41) is 17.7. The lowest BCUT2D eigenvalue weighted by Gasteiger charge is -2.23. The van der Waals surface area contributed by atoms with Crippen LogP contribution in [0.15, 0.2) is 10.2 Å². The quantitative estimate of drug-likeness (QED) is 0.413. The van der Waals surface area contributed by atoms with Gasteiger partial charge in [-0.3, -0.25) is 0 Å². The van der Waals surface area contributed by atoms with E-state index in [-0.39, 0.29) is 12.0 Å². The second kappa shape index (κ2) is 6.03. The molecule has 5 heteroatoms. The smallest absolute Gasteiger partial charge is 0.180 e. The molecule has 1 saturated carbocycles. The summed E-state index contributed by atoms with van der Waals surface area (Å²) in [6.07, 6.45) is 7.46. The molecule has 80 valence electrons. The van der Waals surface area contributed by atoms with E-state index in [0.29, 0.717) is 5.17 Å². The summed E-state index contributed by atoms with van der Waals surface area (Å²) in [4.78, 5) is 0. The standard InChI is InChI=1S/C9H17N3OS/c1-14-9(10)12-11-6-7-4-2-3-5-8(7)13/h6-8,13H,2-5H2,1H3,(H2,10,12). The molecule has 0 heterocycles. The van der Waals surface area contributed by atoms with Gasteiger partial charge < -0.3 is 10.8 Å². The molecular weight excluding hydrogens is 198 g/mol. The molecule has 0 saturated heterocycles. The van der Waals surface area contributed by atoms with Crippen LogP contribution in [-0.2, 0) is 0 Å². The molecule has 1 aliphatic rings. The monoisotopic (exact) mass is 215 g/mol. The third-order valence-electron chi connectivity index (χ3n) is 2.41. The molecule has 1 rings (SSSR count). The fraction of sp³-hybridized carbons (Fsp3) is 0.778. The van der Waals surface area contributed by atoms with Gasteiger partial charge in [0.15, 0.2) is 5.17 Å². The van der Waals surface area contributed by atoms with Crippen molar-refractivity contribution in [3.63, 3.8) is 0 Å². The average Bonchev–Trinajstić information content (AvgIpc) is 2.20. The molecule has 1 fully saturated rings. The van der Waals surface area contributed by atoms with Crippen LogP contribution in [0.5, 0.6) is 0 Å². The highest BCUT2D eigenvalue weighted by Crippen LogP contribution is 2.22. The molecule has 4 nitrogen and oxygen atoms in total. The van der Waals surface area contributed by atoms with Crippen molar-refractivity contribution >= 4 is 23.1 Å². The molecule has 0 aliphatic heterocycles. The van der Waals surface area contributed by atoms with Crippen LogP contribution in [0.3, 0.4) is 0 Å². The Hall–Kier alpha value is -0.550. The largest absolute Gasteiger partial charge is 0.392 e. The predicted molar refractivity (Wildman–Crippen MR) is 61.6 cm³/mol. The van der Waals surface area contributed by atoms with E-state index in [0.717, 1.165) is 25.7 Å². The number of nitrogens with two attached hydrogens (primary N) is 1. The van der Waals surface area contributed by atoms with E-state index in [4.69, 9.17) is 5.73 Å². The number of nitrogens with zero attached hydrogens (tertiary/aromatic N) is 2. The minimum absolute atomic E-state index is 0.155. The molecular formula is C9H17N3OS. The van der Waals surface area contributed by atoms with Crippen LogP contribution in [0.2, 0.25) is 0 Å². The summed E-state index contributed by atoms with van der Waals surface area (Å²) < 4.78 is 0. The summed E-state index contributed by atoms with van der Waals surface area (Å²) >= 11 is 1.36. The van der Waals surface area contributed by atoms with E-state index in [1.807, 2.05) is 6.26 Å². The third kappa shape index (κ3) is 3.67. The highest BCUT2D eigenvalue weighted by atomic mass is 32.2. The number of amidine groups is 1. The summed E-state index contributed by atoms with van der Waals surface area (Å²) in [6, 6.07) is 0. The summed E-state index contributed by atoms with van der Waals surface area (Å²) in [5.41, 5.74) is 5.46. The second-order valence-electron chi connectivity index (χ2n) is 3.42. The molecule has 2 unspecified atom stereocenters. The molecule has 0 aromatic rings. The van der Waals surface area contributed by atoms with Gasteiger partial charge in [0.1, 0.15) is 0 Å². The van der Waals surface area contributed by atoms with Crippen molar-refractivity contribution in [1.82, 2.24) is 0 Å². The third-order valence-corrected chi connectivity index (χ3v) is 2.91. The van der Waals surface area contributed by atoms with Crippen LogP contribution in [0, 0.1) is 5.92 Å². The van der Waals surface area contributed by atoms with Crippen molar-refractivity contribution < 1.29 is 5.11 Å². The van der Waals surface area contributed by atoms with Gasteiger partial charge in [0.05, 0.1) is 6.10 Å². The van der Waals surface area contributed by atoms with E-state index < -0.39 is 0 Å². The van der Waals surface area contributed by atoms with Gasteiger partial charge in [0.25, 0.3) is 0 Å². The van der Waals surface area contributed by atoms with Gasteiger partial charge in [0, 0.05) is 12.1 Å². The first-order chi connectivity index (χ1) is 6.74. The molecule has 14 heavy (non-hydrogen) atoms. The summed E-state index contributed by atoms with van der Waals surface area (Å²) in [5.74, 6) is 0.155. The van der Waals surface area contributed by atoms with Crippen molar-refractivity contribution in [1.29, 1.82) is 0 Å². The van der Waals surface area contributed by atoms with Gasteiger partial charge in [-0.05, 0) is 19.1 Å². The molecule has 2 atom stereocenters. The van der Waals surface area contributed by atoms with E-state index in [1.165, 1.54) is 11.8 Å². The zero-order valence-corrected chi connectivity index (χ0v) is 9.20. The first-order valence-electron chi connectivity index (χ1n) is 4.82. The van der Waals surface area contributed by atoms with Crippen LogP contribution < -0.4 is 5.73 Å². The van der Waals surface area contributed by atoms with Gasteiger partial charge in [0.2, 0.25) is 0 Å². The topological polar surface area (TPSA) is 71.0 Å². The van der Waals surface area contributed by atoms with E-state index in [2.05, 4.69) is 10.2 Å². The number of thioether (sulfide) groups is 1. The predicted octanol–water partition coefficient (Wildman–Crippen LogP) is 1.20. The van der Waals surface area contributed by atoms with E-state index in [1.54, 1.807) is 6.21 Å². The maximum atomic E-state index is 9.62. The number of rotatable bonds is 2. The Balaban J connectivity index is 2.41. The Kier molecular flexibility index (Phi) is 4.97. The number of aliphatic hydroxyl groups is 1. The molecule has 0 aromatic heterocycles. The molecule has 3 N–H and O–H groups in total. The fourth-order valence-corrected chi connectivity index (χ4v) is 1.66. The highest BCUT2D eigenvalue weighted by molar-refractivity contribution is 8.13. The lowest BCUT2D eigenvalue weighted by Crippen LogP contribution is -2.25. The van der Waals surface area contributed by atoms with Crippen molar-refractivity contribution in [2.75, 3.05) is 6.26 Å². The Morgan fingerprint density at radius 1 is 1.50 bits per heavy atom. The SMILES string of the molecule is CSC(N)=NN=CC1CCCCC1O. The van der Waals surface area contributed by atoms with Crippen molar-refractivity contribution in [3.05, 3.63) is 0 Å². The van der Waals surface area contributed by atoms with Crippen LogP contribution in [0.1, 0.15) is 25.7 Å². The van der Waals surface area contributed by atoms with Crippen molar-refractivity contribution in [3.8, 4) is 0 Å². The van der Waals surface area contributed by atoms with Crippen molar-refractivity contribution in [2.45, 2.75) is 31.8 Å². The molecule has 0 amide bonds. The normalized spacial score (nSPS) is 29.7. The fourth-order valence-electron chi connectivity index (χ4n) is 1.53. The van der Waals surface area contributed by atoms with Crippen LogP contribution in [0.4, 0.5) is 0 Å². The van der Waals surface area contributed by atoms with Gasteiger partial charge in [-0.2, -0.15) is 5.10 Å². The first kappa shape index (κ1) is 11.5. The van der Waals surface area contributed by atoms with E-state index in [9.17, 15) is 5.11 Å². The molecule has 1 aliphatic carbocycles. The average molecular weight is 215 g/mol. The first-order valence-corrected chi connectivity index (χ1v) is 6.05. The maximum Gasteiger partial charge on any atom is 0.180 e. The zero-order chi connectivity index (χ0) is 10.4. The molecule has 0 bridgehead atoms. The van der Waals surface area contributed by atoms with Gasteiger partial charge in [-0.1, -0.05) is 24.6 Å². The number of hydrogen-bond donors (Lipinski definition) is 2. The number of hydrogen-bond acceptors (Lipinski definition) is 4. The van der Waals surface area contributed by atoms with Gasteiger partial charge in [-0.25, -0.2) is 0 Å². The summed E-state index contributed by atoms with van der Waals surface area (Å²) in [7, 11) is 0. The minimum atomic E-state index is -0.252. The lowest BCUT2D eigenvalue weighted by atomic mass is 9.87. The highest BCUT2D eigenvalue weighted by Gasteiger charge is 2.20.